The van der Waals surface area contributed by atoms with Gasteiger partial charge in [0.1, 0.15) is 5.75 Å². The zero-order chi connectivity index (χ0) is 12.5. The molecule has 4 nitrogen and oxygen atoms in total. The van der Waals surface area contributed by atoms with Gasteiger partial charge in [0.25, 0.3) is 0 Å². The van der Waals surface area contributed by atoms with Crippen molar-refractivity contribution >= 4 is 11.0 Å². The largest absolute Gasteiger partial charge is 0.507 e. The number of phenolic OH excluding ortho intramolecular Hbond substituents is 1. The molecule has 90 valence electrons. The minimum atomic E-state index is 0.222. The fourth-order valence-corrected chi connectivity index (χ4v) is 2.09. The van der Waals surface area contributed by atoms with Gasteiger partial charge in [-0.3, -0.25) is 0 Å². The first-order valence-electron chi connectivity index (χ1n) is 5.91. The SMILES string of the molecule is CCc1c[nH]c2nnc(-c3ccccc3O)cc12. The van der Waals surface area contributed by atoms with Crippen LogP contribution >= 0.6 is 0 Å². The van der Waals surface area contributed by atoms with E-state index in [4.69, 9.17) is 0 Å². The molecule has 0 unspecified atom stereocenters. The molecular weight excluding hydrogens is 226 g/mol. The fourth-order valence-electron chi connectivity index (χ4n) is 2.09. The predicted octanol–water partition coefficient (Wildman–Crippen LogP) is 2.89. The highest BCUT2D eigenvalue weighted by Crippen LogP contribution is 2.29. The summed E-state index contributed by atoms with van der Waals surface area (Å²) in [5.74, 6) is 0.222. The number of H-pyrrole nitrogens is 1. The second-order valence-electron chi connectivity index (χ2n) is 4.18. The third-order valence-electron chi connectivity index (χ3n) is 3.08. The number of fused-ring (bicyclic) bond motifs is 1. The molecule has 0 atom stereocenters. The lowest BCUT2D eigenvalue weighted by Gasteiger charge is -2.03. The normalized spacial score (nSPS) is 10.9. The van der Waals surface area contributed by atoms with E-state index in [-0.39, 0.29) is 5.75 Å². The maximum atomic E-state index is 9.84. The van der Waals surface area contributed by atoms with E-state index in [0.717, 1.165) is 17.5 Å². The Hall–Kier alpha value is -2.36. The molecule has 0 saturated carbocycles. The molecule has 0 radical (unpaired) electrons. The first-order chi connectivity index (χ1) is 8.79. The third kappa shape index (κ3) is 1.62. The Morgan fingerprint density at radius 2 is 2.06 bits per heavy atom. The van der Waals surface area contributed by atoms with Gasteiger partial charge in [-0.05, 0) is 30.2 Å². The third-order valence-corrected chi connectivity index (χ3v) is 3.08. The Labute approximate surface area is 104 Å². The summed E-state index contributed by atoms with van der Waals surface area (Å²) >= 11 is 0. The molecule has 0 spiro atoms. The van der Waals surface area contributed by atoms with Crippen LogP contribution in [0.3, 0.4) is 0 Å². The number of hydrogen-bond donors (Lipinski definition) is 2. The van der Waals surface area contributed by atoms with E-state index in [0.29, 0.717) is 11.3 Å². The first-order valence-corrected chi connectivity index (χ1v) is 5.91. The molecule has 0 aliphatic carbocycles. The summed E-state index contributed by atoms with van der Waals surface area (Å²) in [5, 5.41) is 19.2. The van der Waals surface area contributed by atoms with Gasteiger partial charge in [0.15, 0.2) is 5.65 Å². The summed E-state index contributed by atoms with van der Waals surface area (Å²) in [6, 6.07) is 9.12. The Balaban J connectivity index is 2.21. The Morgan fingerprint density at radius 1 is 1.22 bits per heavy atom. The summed E-state index contributed by atoms with van der Waals surface area (Å²) in [5.41, 5.74) is 3.38. The molecule has 0 saturated heterocycles. The van der Waals surface area contributed by atoms with E-state index in [1.165, 1.54) is 5.56 Å². The smallest absolute Gasteiger partial charge is 0.160 e. The minimum absolute atomic E-state index is 0.222. The topological polar surface area (TPSA) is 61.8 Å². The van der Waals surface area contributed by atoms with Crippen molar-refractivity contribution in [2.75, 3.05) is 0 Å². The lowest BCUT2D eigenvalue weighted by atomic mass is 10.1. The number of aromatic amines is 1. The number of rotatable bonds is 2. The molecule has 0 amide bonds. The summed E-state index contributed by atoms with van der Waals surface area (Å²) in [6.07, 6.45) is 2.89. The summed E-state index contributed by atoms with van der Waals surface area (Å²) < 4.78 is 0. The molecule has 2 N–H and O–H groups in total. The van der Waals surface area contributed by atoms with Gasteiger partial charge in [-0.25, -0.2) is 0 Å². The molecule has 18 heavy (non-hydrogen) atoms. The van der Waals surface area contributed by atoms with Crippen LogP contribution in [0.1, 0.15) is 12.5 Å². The molecule has 0 aliphatic heterocycles. The van der Waals surface area contributed by atoms with Crippen molar-refractivity contribution in [3.05, 3.63) is 42.1 Å². The average molecular weight is 239 g/mol. The van der Waals surface area contributed by atoms with Gasteiger partial charge in [0.05, 0.1) is 5.69 Å². The van der Waals surface area contributed by atoms with E-state index in [1.807, 2.05) is 24.4 Å². The number of benzene rings is 1. The number of para-hydroxylation sites is 1. The second-order valence-corrected chi connectivity index (χ2v) is 4.18. The monoisotopic (exact) mass is 239 g/mol. The molecule has 3 aromatic rings. The van der Waals surface area contributed by atoms with Crippen molar-refractivity contribution in [3.8, 4) is 17.0 Å². The standard InChI is InChI=1S/C14H13N3O/c1-2-9-8-15-14-11(9)7-12(16-17-14)10-5-3-4-6-13(10)18/h3-8,18H,2H2,1H3,(H,15,17). The van der Waals surface area contributed by atoms with E-state index >= 15 is 0 Å². The lowest BCUT2D eigenvalue weighted by molar-refractivity contribution is 0.477. The second kappa shape index (κ2) is 4.14. The van der Waals surface area contributed by atoms with Gasteiger partial charge in [-0.1, -0.05) is 19.1 Å². The van der Waals surface area contributed by atoms with E-state index in [1.54, 1.807) is 12.1 Å². The van der Waals surface area contributed by atoms with Gasteiger partial charge in [-0.2, -0.15) is 0 Å². The molecule has 4 heteroatoms. The van der Waals surface area contributed by atoms with Crippen LogP contribution in [0.2, 0.25) is 0 Å². The molecular formula is C14H13N3O. The predicted molar refractivity (Wildman–Crippen MR) is 70.4 cm³/mol. The maximum absolute atomic E-state index is 9.84. The quantitative estimate of drug-likeness (QED) is 0.722. The van der Waals surface area contributed by atoms with Crippen LogP contribution < -0.4 is 0 Å². The van der Waals surface area contributed by atoms with Crippen LogP contribution in [0.15, 0.2) is 36.5 Å². The van der Waals surface area contributed by atoms with Crippen LogP contribution in [-0.4, -0.2) is 20.3 Å². The van der Waals surface area contributed by atoms with Crippen LogP contribution in [0.4, 0.5) is 0 Å². The number of aryl methyl sites for hydroxylation is 1. The highest BCUT2D eigenvalue weighted by atomic mass is 16.3. The van der Waals surface area contributed by atoms with Crippen molar-refractivity contribution in [1.29, 1.82) is 0 Å². The van der Waals surface area contributed by atoms with Crippen LogP contribution in [-0.2, 0) is 6.42 Å². The Bertz CT molecular complexity index is 703. The van der Waals surface area contributed by atoms with Crippen molar-refractivity contribution in [2.45, 2.75) is 13.3 Å². The Kier molecular flexibility index (Phi) is 2.48. The number of phenols is 1. The van der Waals surface area contributed by atoms with Gasteiger partial charge in [-0.15, -0.1) is 10.2 Å². The average Bonchev–Trinajstić information content (AvgIpc) is 2.81. The molecule has 2 heterocycles. The number of aromatic nitrogens is 3. The molecule has 2 aromatic heterocycles. The molecule has 0 bridgehead atoms. The molecule has 3 rings (SSSR count). The molecule has 0 fully saturated rings. The van der Waals surface area contributed by atoms with Crippen LogP contribution in [0, 0.1) is 0 Å². The summed E-state index contributed by atoms with van der Waals surface area (Å²) in [4.78, 5) is 3.10. The van der Waals surface area contributed by atoms with Crippen molar-refractivity contribution in [1.82, 2.24) is 15.2 Å². The van der Waals surface area contributed by atoms with E-state index < -0.39 is 0 Å². The zero-order valence-corrected chi connectivity index (χ0v) is 10.0. The van der Waals surface area contributed by atoms with Gasteiger partial charge in [0.2, 0.25) is 0 Å². The van der Waals surface area contributed by atoms with Crippen molar-refractivity contribution < 1.29 is 5.11 Å². The van der Waals surface area contributed by atoms with Gasteiger partial charge < -0.3 is 10.1 Å². The fraction of sp³-hybridized carbons (Fsp3) is 0.143. The zero-order valence-electron chi connectivity index (χ0n) is 10.0. The van der Waals surface area contributed by atoms with E-state index in [9.17, 15) is 5.11 Å². The van der Waals surface area contributed by atoms with Crippen LogP contribution in [0.5, 0.6) is 5.75 Å². The van der Waals surface area contributed by atoms with Crippen molar-refractivity contribution in [2.24, 2.45) is 0 Å². The molecule has 1 aromatic carbocycles. The molecule has 0 aliphatic rings. The highest BCUT2D eigenvalue weighted by Gasteiger charge is 2.09. The number of hydrogen-bond acceptors (Lipinski definition) is 3. The summed E-state index contributed by atoms with van der Waals surface area (Å²) in [6.45, 7) is 2.10. The summed E-state index contributed by atoms with van der Waals surface area (Å²) in [7, 11) is 0. The number of aromatic hydroxyl groups is 1. The van der Waals surface area contributed by atoms with Crippen LogP contribution in [0.25, 0.3) is 22.3 Å². The minimum Gasteiger partial charge on any atom is -0.507 e. The van der Waals surface area contributed by atoms with Gasteiger partial charge in [0, 0.05) is 17.1 Å². The lowest BCUT2D eigenvalue weighted by Crippen LogP contribution is -1.89. The number of nitrogens with zero attached hydrogens (tertiary/aromatic N) is 2. The van der Waals surface area contributed by atoms with Gasteiger partial charge >= 0.3 is 0 Å². The first kappa shape index (κ1) is 10.8. The number of nitrogens with one attached hydrogen (secondary N) is 1. The highest BCUT2D eigenvalue weighted by molar-refractivity contribution is 5.83. The van der Waals surface area contributed by atoms with Crippen molar-refractivity contribution in [3.63, 3.8) is 0 Å². The van der Waals surface area contributed by atoms with E-state index in [2.05, 4.69) is 22.1 Å². The maximum Gasteiger partial charge on any atom is 0.160 e. The Morgan fingerprint density at radius 3 is 2.83 bits per heavy atom.